The zero-order valence-corrected chi connectivity index (χ0v) is 17.6. The molecule has 1 aliphatic heterocycles. The molecule has 8 heteroatoms. The van der Waals surface area contributed by atoms with E-state index in [0.29, 0.717) is 30.8 Å². The summed E-state index contributed by atoms with van der Waals surface area (Å²) in [4.78, 5) is 21.6. The normalized spacial score (nSPS) is 14.1. The Morgan fingerprint density at radius 2 is 1.83 bits per heavy atom. The van der Waals surface area contributed by atoms with Crippen LogP contribution in [0.1, 0.15) is 21.7 Å². The monoisotopic (exact) mass is 428 g/mol. The smallest absolute Gasteiger partial charge is 0.257 e. The van der Waals surface area contributed by atoms with Gasteiger partial charge in [-0.25, -0.2) is 4.98 Å². The molecule has 150 valence electrons. The second-order valence-corrected chi connectivity index (χ2v) is 7.94. The first-order valence-electron chi connectivity index (χ1n) is 9.38. The zero-order valence-electron chi connectivity index (χ0n) is 16.0. The highest BCUT2D eigenvalue weighted by atomic mass is 35.5. The lowest BCUT2D eigenvalue weighted by molar-refractivity contribution is 0.0743. The van der Waals surface area contributed by atoms with Crippen LogP contribution in [-0.4, -0.2) is 53.5 Å². The molecular formula is C21H21ClN4O2S. The standard InChI is InChI=1S/C21H21ClN4O2S/c1-28-18-5-3-2-4-17(18)20(27)25-10-12-26(13-11-25)21-23-19(24-29-21)14-15-6-8-16(22)9-7-15/h2-9H,10-14H2,1H3. The molecule has 1 aliphatic rings. The number of methoxy groups -OCH3 is 1. The predicted molar refractivity (Wildman–Crippen MR) is 115 cm³/mol. The van der Waals surface area contributed by atoms with Crippen molar-refractivity contribution in [2.75, 3.05) is 38.2 Å². The van der Waals surface area contributed by atoms with E-state index in [9.17, 15) is 4.79 Å². The van der Waals surface area contributed by atoms with Crippen molar-refractivity contribution in [1.29, 1.82) is 0 Å². The number of nitrogens with zero attached hydrogens (tertiary/aromatic N) is 4. The van der Waals surface area contributed by atoms with Gasteiger partial charge in [-0.1, -0.05) is 35.9 Å². The van der Waals surface area contributed by atoms with Crippen molar-refractivity contribution < 1.29 is 9.53 Å². The van der Waals surface area contributed by atoms with Gasteiger partial charge in [0.05, 0.1) is 12.7 Å². The molecule has 1 amide bonds. The van der Waals surface area contributed by atoms with Crippen LogP contribution in [0.3, 0.4) is 0 Å². The summed E-state index contributed by atoms with van der Waals surface area (Å²) < 4.78 is 9.82. The van der Waals surface area contributed by atoms with E-state index in [1.165, 1.54) is 11.5 Å². The average molecular weight is 429 g/mol. The first kappa shape index (κ1) is 19.7. The van der Waals surface area contributed by atoms with E-state index in [0.717, 1.165) is 34.6 Å². The van der Waals surface area contributed by atoms with Crippen LogP contribution < -0.4 is 9.64 Å². The van der Waals surface area contributed by atoms with Gasteiger partial charge in [-0.3, -0.25) is 4.79 Å². The second kappa shape index (κ2) is 8.80. The van der Waals surface area contributed by atoms with Crippen LogP contribution in [0.25, 0.3) is 0 Å². The van der Waals surface area contributed by atoms with Crippen LogP contribution in [0.4, 0.5) is 5.13 Å². The number of piperazine rings is 1. The number of amides is 1. The van der Waals surface area contributed by atoms with Crippen LogP contribution >= 0.6 is 23.1 Å². The van der Waals surface area contributed by atoms with Crippen molar-refractivity contribution in [3.8, 4) is 5.75 Å². The number of ether oxygens (including phenoxy) is 1. The summed E-state index contributed by atoms with van der Waals surface area (Å²) >= 11 is 7.35. The third-order valence-electron chi connectivity index (χ3n) is 4.91. The molecule has 29 heavy (non-hydrogen) atoms. The highest BCUT2D eigenvalue weighted by Crippen LogP contribution is 2.23. The van der Waals surface area contributed by atoms with E-state index >= 15 is 0 Å². The number of benzene rings is 2. The van der Waals surface area contributed by atoms with Crippen LogP contribution in [0.2, 0.25) is 5.02 Å². The minimum atomic E-state index is 0.00258. The van der Waals surface area contributed by atoms with Crippen LogP contribution in [-0.2, 0) is 6.42 Å². The number of carbonyl (C=O) groups is 1. The third kappa shape index (κ3) is 4.52. The van der Waals surface area contributed by atoms with Crippen LogP contribution in [0.5, 0.6) is 5.75 Å². The number of anilines is 1. The third-order valence-corrected chi connectivity index (χ3v) is 5.97. The Hall–Kier alpha value is -2.64. The molecule has 3 aromatic rings. The summed E-state index contributed by atoms with van der Waals surface area (Å²) in [5, 5.41) is 1.62. The molecule has 0 saturated carbocycles. The van der Waals surface area contributed by atoms with E-state index in [4.69, 9.17) is 16.3 Å². The van der Waals surface area contributed by atoms with E-state index in [2.05, 4.69) is 14.3 Å². The lowest BCUT2D eigenvalue weighted by atomic mass is 10.1. The molecule has 0 aliphatic carbocycles. The Bertz CT molecular complexity index is 984. The largest absolute Gasteiger partial charge is 0.496 e. The minimum absolute atomic E-state index is 0.00258. The van der Waals surface area contributed by atoms with Gasteiger partial charge >= 0.3 is 0 Å². The molecule has 0 unspecified atom stereocenters. The number of para-hydroxylation sites is 1. The van der Waals surface area contributed by atoms with Gasteiger partial charge in [0.15, 0.2) is 0 Å². The fourth-order valence-electron chi connectivity index (χ4n) is 3.32. The number of hydrogen-bond acceptors (Lipinski definition) is 6. The molecule has 0 spiro atoms. The summed E-state index contributed by atoms with van der Waals surface area (Å²) in [6.07, 6.45) is 0.680. The highest BCUT2D eigenvalue weighted by Gasteiger charge is 2.25. The molecule has 4 rings (SSSR count). The number of hydrogen-bond donors (Lipinski definition) is 0. The number of halogens is 1. The molecule has 1 saturated heterocycles. The maximum absolute atomic E-state index is 12.8. The molecule has 0 radical (unpaired) electrons. The van der Waals surface area contributed by atoms with Crippen molar-refractivity contribution in [3.63, 3.8) is 0 Å². The Balaban J connectivity index is 1.37. The van der Waals surface area contributed by atoms with Gasteiger partial charge in [0.2, 0.25) is 5.13 Å². The lowest BCUT2D eigenvalue weighted by Gasteiger charge is -2.34. The van der Waals surface area contributed by atoms with E-state index in [1.54, 1.807) is 13.2 Å². The van der Waals surface area contributed by atoms with Gasteiger partial charge in [-0.2, -0.15) is 4.37 Å². The maximum Gasteiger partial charge on any atom is 0.257 e. The molecule has 0 atom stereocenters. The van der Waals surface area contributed by atoms with Gasteiger partial charge in [0, 0.05) is 49.2 Å². The summed E-state index contributed by atoms with van der Waals surface area (Å²) in [6, 6.07) is 15.1. The van der Waals surface area contributed by atoms with Gasteiger partial charge in [-0.15, -0.1) is 0 Å². The van der Waals surface area contributed by atoms with Gasteiger partial charge < -0.3 is 14.5 Å². The molecule has 1 fully saturated rings. The molecule has 2 heterocycles. The topological polar surface area (TPSA) is 58.6 Å². The van der Waals surface area contributed by atoms with Crippen molar-refractivity contribution in [3.05, 3.63) is 70.5 Å². The first-order chi connectivity index (χ1) is 14.1. The van der Waals surface area contributed by atoms with Crippen LogP contribution in [0, 0.1) is 0 Å². The maximum atomic E-state index is 12.8. The molecule has 6 nitrogen and oxygen atoms in total. The Morgan fingerprint density at radius 3 is 2.55 bits per heavy atom. The predicted octanol–water partition coefficient (Wildman–Crippen LogP) is 3.75. The van der Waals surface area contributed by atoms with Crippen molar-refractivity contribution in [2.24, 2.45) is 0 Å². The van der Waals surface area contributed by atoms with E-state index in [-0.39, 0.29) is 5.91 Å². The zero-order chi connectivity index (χ0) is 20.2. The minimum Gasteiger partial charge on any atom is -0.496 e. The molecular weight excluding hydrogens is 408 g/mol. The fourth-order valence-corrected chi connectivity index (χ4v) is 4.18. The Labute approximate surface area is 178 Å². The SMILES string of the molecule is COc1ccccc1C(=O)N1CCN(c2nc(Cc3ccc(Cl)cc3)ns2)CC1. The second-order valence-electron chi connectivity index (χ2n) is 6.78. The van der Waals surface area contributed by atoms with Gasteiger partial charge in [-0.05, 0) is 29.8 Å². The van der Waals surface area contributed by atoms with Crippen molar-refractivity contribution in [1.82, 2.24) is 14.3 Å². The summed E-state index contributed by atoms with van der Waals surface area (Å²) in [5.41, 5.74) is 1.73. The molecule has 0 bridgehead atoms. The average Bonchev–Trinajstić information content (AvgIpc) is 3.23. The fraction of sp³-hybridized carbons (Fsp3) is 0.286. The van der Waals surface area contributed by atoms with E-state index in [1.807, 2.05) is 47.4 Å². The quantitative estimate of drug-likeness (QED) is 0.619. The highest BCUT2D eigenvalue weighted by molar-refractivity contribution is 7.09. The van der Waals surface area contributed by atoms with Crippen molar-refractivity contribution in [2.45, 2.75) is 6.42 Å². The molecule has 0 N–H and O–H groups in total. The molecule has 2 aromatic carbocycles. The summed E-state index contributed by atoms with van der Waals surface area (Å²) in [6.45, 7) is 2.75. The van der Waals surface area contributed by atoms with E-state index < -0.39 is 0 Å². The van der Waals surface area contributed by atoms with Crippen LogP contribution in [0.15, 0.2) is 48.5 Å². The number of rotatable bonds is 5. The molecule has 1 aromatic heterocycles. The Morgan fingerprint density at radius 1 is 1.10 bits per heavy atom. The first-order valence-corrected chi connectivity index (χ1v) is 10.5. The van der Waals surface area contributed by atoms with Crippen molar-refractivity contribution >= 4 is 34.2 Å². The van der Waals surface area contributed by atoms with Gasteiger partial charge in [0.25, 0.3) is 5.91 Å². The summed E-state index contributed by atoms with van der Waals surface area (Å²) in [7, 11) is 1.58. The number of carbonyl (C=O) groups excluding carboxylic acids is 1. The van der Waals surface area contributed by atoms with Gasteiger partial charge in [0.1, 0.15) is 11.6 Å². The lowest BCUT2D eigenvalue weighted by Crippen LogP contribution is -2.48. The number of aromatic nitrogens is 2. The Kier molecular flexibility index (Phi) is 5.97. The summed E-state index contributed by atoms with van der Waals surface area (Å²) in [5.74, 6) is 1.42.